The third kappa shape index (κ3) is 11.1. The normalized spacial score (nSPS) is 17.2. The van der Waals surface area contributed by atoms with Crippen LogP contribution in [0.15, 0.2) is 42.7 Å². The molecule has 0 saturated carbocycles. The zero-order valence-electron chi connectivity index (χ0n) is 20.5. The molecule has 212 valence electrons. The first-order valence-corrected chi connectivity index (χ1v) is 11.9. The lowest BCUT2D eigenvalue weighted by Gasteiger charge is -2.36. The fourth-order valence-electron chi connectivity index (χ4n) is 4.15. The summed E-state index contributed by atoms with van der Waals surface area (Å²) >= 11 is 0. The fraction of sp³-hybridized carbons (Fsp3) is 0.542. The van der Waals surface area contributed by atoms with Crippen molar-refractivity contribution in [3.63, 3.8) is 0 Å². The first-order valence-electron chi connectivity index (χ1n) is 11.9. The van der Waals surface area contributed by atoms with Gasteiger partial charge in [-0.05, 0) is 57.4 Å². The van der Waals surface area contributed by atoms with Crippen molar-refractivity contribution < 1.29 is 46.1 Å². The summed E-state index contributed by atoms with van der Waals surface area (Å²) < 4.78 is 65.5. The van der Waals surface area contributed by atoms with Gasteiger partial charge in [-0.25, -0.2) is 9.59 Å². The Morgan fingerprint density at radius 2 is 1.32 bits per heavy atom. The van der Waals surface area contributed by atoms with Crippen molar-refractivity contribution in [2.24, 2.45) is 0 Å². The molecule has 1 aromatic carbocycles. The third-order valence-corrected chi connectivity index (χ3v) is 5.98. The molecule has 0 radical (unpaired) electrons. The second kappa shape index (κ2) is 14.1. The van der Waals surface area contributed by atoms with Gasteiger partial charge in [0.1, 0.15) is 0 Å². The third-order valence-electron chi connectivity index (χ3n) is 5.98. The number of likely N-dealkylation sites (tertiary alicyclic amines) is 2. The number of aliphatic carboxylic acids is 2. The van der Waals surface area contributed by atoms with E-state index in [0.717, 1.165) is 19.1 Å². The van der Waals surface area contributed by atoms with Crippen LogP contribution in [0.1, 0.15) is 36.8 Å². The van der Waals surface area contributed by atoms with E-state index in [4.69, 9.17) is 19.8 Å². The van der Waals surface area contributed by atoms with E-state index in [1.165, 1.54) is 63.0 Å². The summed E-state index contributed by atoms with van der Waals surface area (Å²) in [6.45, 7) is 7.02. The predicted octanol–water partition coefficient (Wildman–Crippen LogP) is 4.26. The minimum Gasteiger partial charge on any atom is -0.475 e. The summed E-state index contributed by atoms with van der Waals surface area (Å²) in [5.74, 6) is -5.51. The van der Waals surface area contributed by atoms with E-state index in [1.54, 1.807) is 0 Å². The molecule has 2 aliphatic rings. The number of hydrogen-bond acceptors (Lipinski definition) is 5. The van der Waals surface area contributed by atoms with Gasteiger partial charge in [0.2, 0.25) is 0 Å². The molecule has 38 heavy (non-hydrogen) atoms. The summed E-state index contributed by atoms with van der Waals surface area (Å²) in [7, 11) is 0. The Hall–Kier alpha value is -3.13. The Morgan fingerprint density at radius 1 is 0.816 bits per heavy atom. The van der Waals surface area contributed by atoms with Crippen molar-refractivity contribution >= 4 is 11.9 Å². The van der Waals surface area contributed by atoms with Gasteiger partial charge >= 0.3 is 24.3 Å². The molecule has 0 bridgehead atoms. The number of halogens is 6. The number of nitrogens with zero attached hydrogens (tertiary/aromatic N) is 4. The second-order valence-corrected chi connectivity index (χ2v) is 8.89. The van der Waals surface area contributed by atoms with Crippen LogP contribution in [0.4, 0.5) is 26.3 Å². The maximum Gasteiger partial charge on any atom is 0.490 e. The van der Waals surface area contributed by atoms with Crippen molar-refractivity contribution in [3.8, 4) is 0 Å². The van der Waals surface area contributed by atoms with Crippen LogP contribution in [-0.2, 0) is 22.7 Å². The van der Waals surface area contributed by atoms with Crippen LogP contribution in [0.3, 0.4) is 0 Å². The number of alkyl halides is 6. The molecule has 2 aromatic rings. The smallest absolute Gasteiger partial charge is 0.475 e. The van der Waals surface area contributed by atoms with Crippen molar-refractivity contribution in [2.75, 3.05) is 26.2 Å². The number of rotatable bonds is 5. The molecule has 2 aliphatic heterocycles. The number of benzene rings is 1. The highest BCUT2D eigenvalue weighted by Crippen LogP contribution is 2.22. The van der Waals surface area contributed by atoms with E-state index < -0.39 is 24.3 Å². The molecule has 14 heteroatoms. The molecule has 0 amide bonds. The zero-order chi connectivity index (χ0) is 28.3. The van der Waals surface area contributed by atoms with Crippen LogP contribution >= 0.6 is 0 Å². The zero-order valence-corrected chi connectivity index (χ0v) is 20.5. The molecule has 0 unspecified atom stereocenters. The minimum absolute atomic E-state index is 0.838. The summed E-state index contributed by atoms with van der Waals surface area (Å²) in [4.78, 5) is 23.1. The molecule has 0 spiro atoms. The topological polar surface area (TPSA) is 98.9 Å². The molecular weight excluding hydrogens is 522 g/mol. The summed E-state index contributed by atoms with van der Waals surface area (Å²) in [5.41, 5.74) is 2.64. The highest BCUT2D eigenvalue weighted by molar-refractivity contribution is 5.73. The first kappa shape index (κ1) is 31.1. The van der Waals surface area contributed by atoms with Crippen LogP contribution in [-0.4, -0.2) is 86.3 Å². The molecule has 0 aliphatic carbocycles. The molecule has 8 nitrogen and oxygen atoms in total. The number of carboxylic acid groups (broad SMARTS) is 2. The van der Waals surface area contributed by atoms with E-state index >= 15 is 0 Å². The molecule has 2 N–H and O–H groups in total. The van der Waals surface area contributed by atoms with E-state index in [-0.39, 0.29) is 0 Å². The van der Waals surface area contributed by atoms with Gasteiger partial charge in [-0.15, -0.1) is 0 Å². The number of hydrogen-bond donors (Lipinski definition) is 2. The van der Waals surface area contributed by atoms with E-state index in [1.807, 2.05) is 6.20 Å². The van der Waals surface area contributed by atoms with Gasteiger partial charge in [0.25, 0.3) is 0 Å². The SMILES string of the molecule is O=C(O)C(F)(F)F.O=C(O)C(F)(F)F.c1ccc(Cn2cc(CN3CCC(N4CCCC4)CC3)cn2)cc1. The van der Waals surface area contributed by atoms with Crippen LogP contribution in [0.25, 0.3) is 0 Å². The van der Waals surface area contributed by atoms with E-state index in [9.17, 15) is 26.3 Å². The Morgan fingerprint density at radius 3 is 1.79 bits per heavy atom. The largest absolute Gasteiger partial charge is 0.490 e. The van der Waals surface area contributed by atoms with Gasteiger partial charge in [-0.3, -0.25) is 9.58 Å². The molecule has 0 atom stereocenters. The fourth-order valence-corrected chi connectivity index (χ4v) is 4.15. The Balaban J connectivity index is 0.000000301. The Labute approximate surface area is 215 Å². The molecule has 2 saturated heterocycles. The quantitative estimate of drug-likeness (QED) is 0.535. The highest BCUT2D eigenvalue weighted by Gasteiger charge is 2.38. The molecule has 1 aromatic heterocycles. The monoisotopic (exact) mass is 552 g/mol. The van der Waals surface area contributed by atoms with Gasteiger partial charge in [-0.1, -0.05) is 30.3 Å². The van der Waals surface area contributed by atoms with Crippen LogP contribution in [0, 0.1) is 0 Å². The standard InChI is InChI=1S/C20H28N4.2C2HF3O2/c1-2-6-18(7-3-1)16-24-17-19(14-21-24)15-22-12-8-20(9-13-22)23-10-4-5-11-23;2*3-2(4,5)1(6)7/h1-3,6-7,14,17,20H,4-5,8-13,15-16H2;2*(H,6,7). The van der Waals surface area contributed by atoms with Crippen molar-refractivity contribution in [1.29, 1.82) is 0 Å². The summed E-state index contributed by atoms with van der Waals surface area (Å²) in [6.07, 6.45) is -0.451. The average Bonchev–Trinajstić information content (AvgIpc) is 3.53. The molecule has 4 rings (SSSR count). The summed E-state index contributed by atoms with van der Waals surface area (Å²) in [6, 6.07) is 11.4. The lowest BCUT2D eigenvalue weighted by Crippen LogP contribution is -2.43. The number of aromatic nitrogens is 2. The van der Waals surface area contributed by atoms with Gasteiger partial charge in [0, 0.05) is 24.3 Å². The maximum atomic E-state index is 10.6. The molecular formula is C24H30F6N4O4. The minimum atomic E-state index is -5.08. The lowest BCUT2D eigenvalue weighted by molar-refractivity contribution is -0.193. The highest BCUT2D eigenvalue weighted by atomic mass is 19.4. The lowest BCUT2D eigenvalue weighted by atomic mass is 10.0. The number of carboxylic acids is 2. The van der Waals surface area contributed by atoms with Crippen LogP contribution in [0.5, 0.6) is 0 Å². The maximum absolute atomic E-state index is 10.6. The van der Waals surface area contributed by atoms with Gasteiger partial charge < -0.3 is 15.1 Å². The Bertz CT molecular complexity index is 975. The van der Waals surface area contributed by atoms with Crippen molar-refractivity contribution in [3.05, 3.63) is 53.9 Å². The first-order chi connectivity index (χ1) is 17.8. The van der Waals surface area contributed by atoms with Crippen molar-refractivity contribution in [1.82, 2.24) is 19.6 Å². The summed E-state index contributed by atoms with van der Waals surface area (Å²) in [5, 5.41) is 18.8. The predicted molar refractivity (Wildman–Crippen MR) is 124 cm³/mol. The average molecular weight is 553 g/mol. The Kier molecular flexibility index (Phi) is 11.6. The van der Waals surface area contributed by atoms with Gasteiger partial charge in [0.05, 0.1) is 12.7 Å². The molecule has 3 heterocycles. The number of piperidine rings is 1. The van der Waals surface area contributed by atoms with Crippen LogP contribution < -0.4 is 0 Å². The van der Waals surface area contributed by atoms with E-state index in [0.29, 0.717) is 0 Å². The van der Waals surface area contributed by atoms with E-state index in [2.05, 4.69) is 56.1 Å². The second-order valence-electron chi connectivity index (χ2n) is 8.89. The molecule has 2 fully saturated rings. The van der Waals surface area contributed by atoms with Crippen LogP contribution in [0.2, 0.25) is 0 Å². The van der Waals surface area contributed by atoms with Gasteiger partial charge in [-0.2, -0.15) is 31.4 Å². The number of carbonyl (C=O) groups is 2. The van der Waals surface area contributed by atoms with Crippen molar-refractivity contribution in [2.45, 2.75) is 57.2 Å². The van der Waals surface area contributed by atoms with Gasteiger partial charge in [0.15, 0.2) is 0 Å².